The number of H-pyrrole nitrogens is 1. The first-order valence-corrected chi connectivity index (χ1v) is 9.76. The summed E-state index contributed by atoms with van der Waals surface area (Å²) < 4.78 is 19.2. The van der Waals surface area contributed by atoms with Gasteiger partial charge in [-0.05, 0) is 12.1 Å². The predicted molar refractivity (Wildman–Crippen MR) is 103 cm³/mol. The molecule has 2 amide bonds. The molecule has 0 unspecified atom stereocenters. The van der Waals surface area contributed by atoms with Crippen molar-refractivity contribution >= 4 is 45.9 Å². The molecule has 4 rings (SSSR count). The Bertz CT molecular complexity index is 923. The van der Waals surface area contributed by atoms with Gasteiger partial charge in [0.15, 0.2) is 0 Å². The third-order valence-electron chi connectivity index (χ3n) is 5.11. The van der Waals surface area contributed by atoms with Gasteiger partial charge in [0, 0.05) is 50.2 Å². The summed E-state index contributed by atoms with van der Waals surface area (Å²) in [6, 6.07) is 2.71. The number of hydrogen-bond acceptors (Lipinski definition) is 4. The van der Waals surface area contributed by atoms with Crippen LogP contribution in [0.25, 0.3) is 10.9 Å². The van der Waals surface area contributed by atoms with E-state index in [1.54, 1.807) is 9.80 Å². The lowest BCUT2D eigenvalue weighted by Crippen LogP contribution is -2.53. The van der Waals surface area contributed by atoms with E-state index in [0.717, 1.165) is 13.1 Å². The van der Waals surface area contributed by atoms with Crippen LogP contribution in [0.2, 0.25) is 10.0 Å². The van der Waals surface area contributed by atoms with E-state index < -0.39 is 5.82 Å². The number of hydrogen-bond donors (Lipinski definition) is 2. The van der Waals surface area contributed by atoms with Gasteiger partial charge >= 0.3 is 0 Å². The molecule has 0 atom stereocenters. The molecule has 1 aromatic heterocycles. The molecule has 2 saturated heterocycles. The minimum Gasteiger partial charge on any atom is -0.366 e. The zero-order chi connectivity index (χ0) is 19.8. The third-order valence-corrected chi connectivity index (χ3v) is 5.86. The van der Waals surface area contributed by atoms with Gasteiger partial charge in [-0.2, -0.15) is 0 Å². The van der Waals surface area contributed by atoms with Gasteiger partial charge in [-0.3, -0.25) is 9.59 Å². The van der Waals surface area contributed by atoms with Crippen molar-refractivity contribution in [3.05, 3.63) is 33.7 Å². The first-order chi connectivity index (χ1) is 13.5. The van der Waals surface area contributed by atoms with Gasteiger partial charge in [0.2, 0.25) is 5.91 Å². The zero-order valence-electron chi connectivity index (χ0n) is 14.9. The summed E-state index contributed by atoms with van der Waals surface area (Å²) >= 11 is 12.3. The Balaban J connectivity index is 1.40. The second-order valence-corrected chi connectivity index (χ2v) is 7.62. The normalized spacial score (nSPS) is 17.8. The lowest BCUT2D eigenvalue weighted by molar-refractivity contribution is -0.140. The van der Waals surface area contributed by atoms with Gasteiger partial charge in [0.05, 0.1) is 16.1 Å². The molecular weight excluding hydrogens is 410 g/mol. The number of piperazine rings is 1. The summed E-state index contributed by atoms with van der Waals surface area (Å²) in [5.41, 5.74) is 0.668. The summed E-state index contributed by atoms with van der Waals surface area (Å²) in [4.78, 5) is 31.3. The van der Waals surface area contributed by atoms with E-state index >= 15 is 0 Å². The van der Waals surface area contributed by atoms with Crippen LogP contribution >= 0.6 is 23.2 Å². The number of carbonyl (C=O) groups is 2. The number of aromatic nitrogens is 1. The number of rotatable bonds is 4. The first-order valence-electron chi connectivity index (χ1n) is 9.00. The average Bonchev–Trinajstić information content (AvgIpc) is 3.00. The van der Waals surface area contributed by atoms with E-state index in [2.05, 4.69) is 10.3 Å². The second-order valence-electron chi connectivity index (χ2n) is 6.86. The average molecular weight is 429 g/mol. The highest BCUT2D eigenvalue weighted by atomic mass is 35.5. The molecule has 0 spiro atoms. The van der Waals surface area contributed by atoms with E-state index in [9.17, 15) is 14.0 Å². The highest BCUT2D eigenvalue weighted by Crippen LogP contribution is 2.35. The maximum atomic E-state index is 13.7. The molecule has 0 aliphatic carbocycles. The number of carbonyl (C=O) groups excluding carboxylic acids is 2. The molecule has 10 heteroatoms. The Morgan fingerprint density at radius 3 is 2.43 bits per heavy atom. The van der Waals surface area contributed by atoms with Gasteiger partial charge in [-0.1, -0.05) is 23.2 Å². The quantitative estimate of drug-likeness (QED) is 0.779. The van der Waals surface area contributed by atoms with Crippen LogP contribution in [-0.2, 0) is 9.53 Å². The molecule has 2 N–H and O–H groups in total. The molecule has 0 radical (unpaired) electrons. The Kier molecular flexibility index (Phi) is 5.46. The van der Waals surface area contributed by atoms with Gasteiger partial charge in [-0.25, -0.2) is 4.39 Å². The summed E-state index contributed by atoms with van der Waals surface area (Å²) in [7, 11) is 0. The second kappa shape index (κ2) is 7.87. The molecular formula is C18H19Cl2FN4O3. The summed E-state index contributed by atoms with van der Waals surface area (Å²) in [5, 5.41) is 3.36. The lowest BCUT2D eigenvalue weighted by Gasteiger charge is -2.35. The van der Waals surface area contributed by atoms with Gasteiger partial charge in [0.25, 0.3) is 5.91 Å². The summed E-state index contributed by atoms with van der Waals surface area (Å²) in [5.74, 6) is -0.979. The number of amides is 2. The van der Waals surface area contributed by atoms with Crippen molar-refractivity contribution in [3.8, 4) is 0 Å². The number of nitrogens with zero attached hydrogens (tertiary/aromatic N) is 2. The number of fused-ring (bicyclic) bond motifs is 1. The molecule has 0 bridgehead atoms. The summed E-state index contributed by atoms with van der Waals surface area (Å²) in [6.45, 7) is 3.20. The first kappa shape index (κ1) is 19.4. The van der Waals surface area contributed by atoms with Crippen molar-refractivity contribution in [2.45, 2.75) is 6.10 Å². The van der Waals surface area contributed by atoms with Crippen LogP contribution in [0, 0.1) is 5.82 Å². The Hall–Kier alpha value is -1.87. The highest BCUT2D eigenvalue weighted by Gasteiger charge is 2.29. The maximum Gasteiger partial charge on any atom is 0.271 e. The number of aromatic amines is 1. The Labute approximate surface area is 170 Å². The minimum atomic E-state index is -0.596. The lowest BCUT2D eigenvalue weighted by atomic mass is 10.2. The van der Waals surface area contributed by atoms with Crippen LogP contribution in [-0.4, -0.2) is 78.6 Å². The predicted octanol–water partition coefficient (Wildman–Crippen LogP) is 1.89. The smallest absolute Gasteiger partial charge is 0.271 e. The molecule has 1 aromatic carbocycles. The van der Waals surface area contributed by atoms with Crippen molar-refractivity contribution in [1.29, 1.82) is 0 Å². The molecule has 2 aliphatic heterocycles. The molecule has 28 heavy (non-hydrogen) atoms. The molecule has 2 fully saturated rings. The zero-order valence-corrected chi connectivity index (χ0v) is 16.4. The highest BCUT2D eigenvalue weighted by molar-refractivity contribution is 6.44. The monoisotopic (exact) mass is 428 g/mol. The minimum absolute atomic E-state index is 0.0538. The van der Waals surface area contributed by atoms with Crippen molar-refractivity contribution < 1.29 is 18.7 Å². The van der Waals surface area contributed by atoms with Crippen LogP contribution in [0.1, 0.15) is 10.5 Å². The van der Waals surface area contributed by atoms with Crippen LogP contribution in [0.3, 0.4) is 0 Å². The third kappa shape index (κ3) is 3.57. The number of ether oxygens (including phenoxy) is 1. The van der Waals surface area contributed by atoms with Crippen LogP contribution in [0.15, 0.2) is 12.1 Å². The Morgan fingerprint density at radius 1 is 1.11 bits per heavy atom. The van der Waals surface area contributed by atoms with E-state index in [1.165, 1.54) is 12.1 Å². The summed E-state index contributed by atoms with van der Waals surface area (Å²) in [6.07, 6.45) is 0.104. The van der Waals surface area contributed by atoms with E-state index in [0.29, 0.717) is 37.1 Å². The molecule has 3 heterocycles. The fourth-order valence-corrected chi connectivity index (χ4v) is 3.94. The van der Waals surface area contributed by atoms with Crippen LogP contribution in [0.4, 0.5) is 4.39 Å². The molecule has 0 saturated carbocycles. The topological polar surface area (TPSA) is 77.7 Å². The van der Waals surface area contributed by atoms with Crippen molar-refractivity contribution in [3.63, 3.8) is 0 Å². The number of nitrogens with one attached hydrogen (secondary N) is 2. The Morgan fingerprint density at radius 2 is 1.79 bits per heavy atom. The SMILES string of the molecule is O=C(COC1CNC1)N1CCN(C(=O)c2[nH]c3ccc(F)c(Cl)c3c2Cl)CC1. The molecule has 7 nitrogen and oxygen atoms in total. The fourth-order valence-electron chi connectivity index (χ4n) is 3.31. The van der Waals surface area contributed by atoms with Crippen LogP contribution in [0.5, 0.6) is 0 Å². The standard InChI is InChI=1S/C18H19Cl2FN4O3/c19-15-11(21)1-2-12-14(15)16(20)17(23-12)18(27)25-5-3-24(4-6-25)13(26)9-28-10-7-22-8-10/h1-2,10,22-23H,3-9H2. The fraction of sp³-hybridized carbons (Fsp3) is 0.444. The van der Waals surface area contributed by atoms with E-state index in [4.69, 9.17) is 27.9 Å². The largest absolute Gasteiger partial charge is 0.366 e. The van der Waals surface area contributed by atoms with E-state index in [1.807, 2.05) is 0 Å². The molecule has 2 aliphatic rings. The molecule has 2 aromatic rings. The maximum absolute atomic E-state index is 13.7. The van der Waals surface area contributed by atoms with Gasteiger partial charge in [-0.15, -0.1) is 0 Å². The molecule has 150 valence electrons. The van der Waals surface area contributed by atoms with Gasteiger partial charge < -0.3 is 24.8 Å². The van der Waals surface area contributed by atoms with Gasteiger partial charge in [0.1, 0.15) is 18.1 Å². The van der Waals surface area contributed by atoms with Crippen molar-refractivity contribution in [2.75, 3.05) is 45.9 Å². The van der Waals surface area contributed by atoms with E-state index in [-0.39, 0.29) is 40.3 Å². The number of benzene rings is 1. The van der Waals surface area contributed by atoms with Crippen LogP contribution < -0.4 is 5.32 Å². The number of halogens is 3. The van der Waals surface area contributed by atoms with Crippen molar-refractivity contribution in [1.82, 2.24) is 20.1 Å². The van der Waals surface area contributed by atoms with Crippen molar-refractivity contribution in [2.24, 2.45) is 0 Å².